The summed E-state index contributed by atoms with van der Waals surface area (Å²) >= 11 is 0. The molecule has 0 amide bonds. The first-order valence-electron chi connectivity index (χ1n) is 24.5. The third-order valence-corrected chi connectivity index (χ3v) is 14.8. The van der Waals surface area contributed by atoms with Crippen LogP contribution in [0, 0.1) is 50.4 Å². The van der Waals surface area contributed by atoms with Crippen molar-refractivity contribution in [1.29, 1.82) is 10.5 Å². The summed E-state index contributed by atoms with van der Waals surface area (Å²) in [4.78, 5) is 0. The van der Waals surface area contributed by atoms with Crippen molar-refractivity contribution in [3.63, 3.8) is 0 Å². The minimum Gasteiger partial charge on any atom is -0.308 e. The number of nitrogens with zero attached hydrogens (tertiary/aromatic N) is 4. The van der Waals surface area contributed by atoms with Crippen molar-refractivity contribution in [3.05, 3.63) is 239 Å². The first kappa shape index (κ1) is 45.7. The zero-order valence-electron chi connectivity index (χ0n) is 41.0. The Kier molecular flexibility index (Phi) is 10.9. The molecule has 0 aliphatic carbocycles. The van der Waals surface area contributed by atoms with E-state index < -0.39 is 11.7 Å². The van der Waals surface area contributed by atoms with Gasteiger partial charge in [-0.2, -0.15) is 23.7 Å². The molecule has 12 rings (SSSR count). The largest absolute Gasteiger partial charge is 0.416 e. The lowest BCUT2D eigenvalue weighted by molar-refractivity contribution is -0.137. The Bertz CT molecular complexity index is 3940. The molecule has 0 aliphatic heterocycles. The van der Waals surface area contributed by atoms with E-state index in [-0.39, 0.29) is 11.1 Å². The normalized spacial score (nSPS) is 11.7. The lowest BCUT2D eigenvalue weighted by Crippen LogP contribution is -2.07. The van der Waals surface area contributed by atoms with E-state index in [1.807, 2.05) is 66.7 Å². The van der Waals surface area contributed by atoms with Gasteiger partial charge in [0.15, 0.2) is 0 Å². The second kappa shape index (κ2) is 17.7. The molecular weight excluding hydrogens is 918 g/mol. The maximum Gasteiger partial charge on any atom is 0.416 e. The zero-order valence-corrected chi connectivity index (χ0v) is 41.0. The summed E-state index contributed by atoms with van der Waals surface area (Å²) in [5.41, 5.74) is 16.5. The van der Waals surface area contributed by atoms with Crippen LogP contribution in [0.5, 0.6) is 0 Å². The SMILES string of the molecule is Cc1ccccc1-c1ccc2c3ccc(-c4ccccc4C)cc3n(-c3cc(-c4cc(C#N)cc(C(F)(F)F)c4)cc(-n4c5cc(-c6ccccc6C)ccc5c5ccc(-c6ccccc6C)cc54)c3C#N)c2c1. The number of rotatable bonds is 7. The zero-order chi connectivity index (χ0) is 51.0. The number of fused-ring (bicyclic) bond motifs is 6. The minimum atomic E-state index is -4.74. The molecule has 0 spiro atoms. The first-order valence-corrected chi connectivity index (χ1v) is 24.5. The summed E-state index contributed by atoms with van der Waals surface area (Å²) in [5.74, 6) is 0. The summed E-state index contributed by atoms with van der Waals surface area (Å²) in [6.45, 7) is 8.33. The Morgan fingerprint density at radius 1 is 0.351 bits per heavy atom. The van der Waals surface area contributed by atoms with Crippen molar-refractivity contribution in [1.82, 2.24) is 9.13 Å². The smallest absolute Gasteiger partial charge is 0.308 e. The molecule has 0 saturated carbocycles. The summed E-state index contributed by atoms with van der Waals surface area (Å²) in [6.07, 6.45) is -4.74. The van der Waals surface area contributed by atoms with Crippen LogP contribution >= 0.6 is 0 Å². The number of nitriles is 2. The molecule has 2 heterocycles. The van der Waals surface area contributed by atoms with Crippen molar-refractivity contribution >= 4 is 43.6 Å². The van der Waals surface area contributed by atoms with Crippen LogP contribution in [-0.2, 0) is 6.18 Å². The van der Waals surface area contributed by atoms with Gasteiger partial charge in [-0.25, -0.2) is 0 Å². The molecular formula is C67H45F3N4. The summed E-state index contributed by atoms with van der Waals surface area (Å²) in [7, 11) is 0. The molecule has 0 N–H and O–H groups in total. The topological polar surface area (TPSA) is 57.4 Å². The van der Waals surface area contributed by atoms with Gasteiger partial charge in [-0.05, 0) is 160 Å². The van der Waals surface area contributed by atoms with E-state index in [1.165, 1.54) is 6.07 Å². The van der Waals surface area contributed by atoms with E-state index >= 15 is 0 Å². The number of aromatic nitrogens is 2. The molecule has 0 bridgehead atoms. The van der Waals surface area contributed by atoms with Gasteiger partial charge in [0, 0.05) is 21.5 Å². The maximum atomic E-state index is 14.9. The van der Waals surface area contributed by atoms with Crippen molar-refractivity contribution < 1.29 is 13.2 Å². The number of alkyl halides is 3. The molecule has 0 aliphatic rings. The predicted molar refractivity (Wildman–Crippen MR) is 296 cm³/mol. The van der Waals surface area contributed by atoms with Gasteiger partial charge >= 0.3 is 6.18 Å². The highest BCUT2D eigenvalue weighted by Gasteiger charge is 2.32. The Morgan fingerprint density at radius 3 is 0.973 bits per heavy atom. The molecule has 12 aromatic rings. The van der Waals surface area contributed by atoms with E-state index in [9.17, 15) is 23.7 Å². The number of hydrogen-bond donors (Lipinski definition) is 0. The van der Waals surface area contributed by atoms with Crippen molar-refractivity contribution in [2.75, 3.05) is 0 Å². The fraction of sp³-hybridized carbons (Fsp3) is 0.0746. The van der Waals surface area contributed by atoms with Gasteiger partial charge in [0.25, 0.3) is 0 Å². The van der Waals surface area contributed by atoms with Crippen molar-refractivity contribution in [3.8, 4) is 79.1 Å². The average molecular weight is 963 g/mol. The Hall–Kier alpha value is -9.43. The van der Waals surface area contributed by atoms with E-state index in [0.29, 0.717) is 22.5 Å². The minimum absolute atomic E-state index is 0.132. The Morgan fingerprint density at radius 2 is 0.676 bits per heavy atom. The second-order valence-electron chi connectivity index (χ2n) is 19.3. The van der Waals surface area contributed by atoms with Crippen LogP contribution < -0.4 is 0 Å². The molecule has 10 aromatic carbocycles. The van der Waals surface area contributed by atoms with Crippen LogP contribution in [0.4, 0.5) is 13.2 Å². The monoisotopic (exact) mass is 962 g/mol. The quantitative estimate of drug-likeness (QED) is 0.160. The van der Waals surface area contributed by atoms with E-state index in [2.05, 4.69) is 164 Å². The third-order valence-electron chi connectivity index (χ3n) is 14.8. The molecule has 7 heteroatoms. The molecule has 74 heavy (non-hydrogen) atoms. The van der Waals surface area contributed by atoms with E-state index in [0.717, 1.165) is 123 Å². The van der Waals surface area contributed by atoms with E-state index in [4.69, 9.17) is 0 Å². The highest BCUT2D eigenvalue weighted by Crippen LogP contribution is 2.45. The maximum absolute atomic E-state index is 14.9. The van der Waals surface area contributed by atoms with Gasteiger partial charge in [-0.1, -0.05) is 146 Å². The Labute approximate surface area is 426 Å². The van der Waals surface area contributed by atoms with Crippen LogP contribution in [-0.4, -0.2) is 9.13 Å². The number of aryl methyl sites for hydroxylation is 4. The first-order chi connectivity index (χ1) is 35.9. The summed E-state index contributed by atoms with van der Waals surface area (Å²) in [6, 6.07) is 70.3. The van der Waals surface area contributed by atoms with Crippen LogP contribution in [0.3, 0.4) is 0 Å². The van der Waals surface area contributed by atoms with Gasteiger partial charge < -0.3 is 9.13 Å². The molecule has 0 unspecified atom stereocenters. The van der Waals surface area contributed by atoms with Gasteiger partial charge in [-0.15, -0.1) is 0 Å². The van der Waals surface area contributed by atoms with Crippen molar-refractivity contribution in [2.45, 2.75) is 33.9 Å². The molecule has 0 radical (unpaired) electrons. The highest BCUT2D eigenvalue weighted by molar-refractivity contribution is 6.13. The third kappa shape index (κ3) is 7.61. The fourth-order valence-corrected chi connectivity index (χ4v) is 11.1. The molecule has 0 saturated heterocycles. The average Bonchev–Trinajstić information content (AvgIpc) is 3.91. The lowest BCUT2D eigenvalue weighted by Gasteiger charge is -2.20. The number of benzene rings is 10. The molecule has 354 valence electrons. The van der Waals surface area contributed by atoms with Crippen LogP contribution in [0.15, 0.2) is 200 Å². The van der Waals surface area contributed by atoms with Crippen LogP contribution in [0.1, 0.15) is 38.9 Å². The summed E-state index contributed by atoms with van der Waals surface area (Å²) < 4.78 is 48.9. The highest BCUT2D eigenvalue weighted by atomic mass is 19.4. The van der Waals surface area contributed by atoms with Crippen LogP contribution in [0.2, 0.25) is 0 Å². The van der Waals surface area contributed by atoms with E-state index in [1.54, 1.807) is 0 Å². The van der Waals surface area contributed by atoms with Gasteiger partial charge in [0.2, 0.25) is 0 Å². The standard InChI is InChI=1S/C67H45F3N4/c1-40-13-5-9-17-52(40)45-21-25-56-57-26-22-46(53-18-10-6-14-41(53)2)33-62(57)73(61(56)32-45)65-36-50(49-29-44(38-71)30-51(31-49)67(68,69)70)37-66(60(65)39-72)74-63-34-47(54-19-11-7-15-42(54)3)23-27-58(63)59-28-24-48(35-64(59)74)55-20-12-8-16-43(55)4/h5-37H,1-4H3. The van der Waals surface area contributed by atoms with Gasteiger partial charge in [-0.3, -0.25) is 0 Å². The number of halogens is 3. The predicted octanol–water partition coefficient (Wildman–Crippen LogP) is 18.2. The summed E-state index contributed by atoms with van der Waals surface area (Å²) in [5, 5.41) is 26.0. The van der Waals surface area contributed by atoms with Gasteiger partial charge in [0.05, 0.1) is 50.6 Å². The molecule has 4 nitrogen and oxygen atoms in total. The van der Waals surface area contributed by atoms with Gasteiger partial charge in [0.1, 0.15) is 11.6 Å². The number of hydrogen-bond acceptors (Lipinski definition) is 2. The lowest BCUT2D eigenvalue weighted by atomic mass is 9.96. The van der Waals surface area contributed by atoms with Crippen molar-refractivity contribution in [2.24, 2.45) is 0 Å². The molecule has 0 atom stereocenters. The second-order valence-corrected chi connectivity index (χ2v) is 19.3. The molecule has 0 fully saturated rings. The molecule has 2 aromatic heterocycles. The Balaban J connectivity index is 1.27. The van der Waals surface area contributed by atoms with Crippen LogP contribution in [0.25, 0.3) is 111 Å². The fourth-order valence-electron chi connectivity index (χ4n) is 11.1.